The standard InChI is InChI=1S/C19H21BrN6O3/c1-2-5-26-8-13-16(15-12-6-10(20)3-4-14(12)22-18(15)29)23-19(24-17(13)25-26)21-7-11(28)9-27/h3-4,6,8,11,15,27-28H,2,5,7,9H2,1H3,(H,22,29)(H,21,24,25)/t11-,15?/m1/s1. The summed E-state index contributed by atoms with van der Waals surface area (Å²) in [6.07, 6.45) is 1.83. The van der Waals surface area contributed by atoms with Gasteiger partial charge in [-0.3, -0.25) is 9.48 Å². The number of aryl methyl sites for hydroxylation is 1. The van der Waals surface area contributed by atoms with Crippen LogP contribution in [0.4, 0.5) is 11.6 Å². The molecule has 1 unspecified atom stereocenters. The Labute approximate surface area is 175 Å². The second-order valence-corrected chi connectivity index (χ2v) is 7.85. The van der Waals surface area contributed by atoms with Crippen LogP contribution < -0.4 is 10.6 Å². The van der Waals surface area contributed by atoms with Crippen molar-refractivity contribution < 1.29 is 15.0 Å². The number of aliphatic hydroxyl groups is 2. The summed E-state index contributed by atoms with van der Waals surface area (Å²) < 4.78 is 2.67. The van der Waals surface area contributed by atoms with Crippen molar-refractivity contribution in [3.8, 4) is 0 Å². The molecule has 0 saturated heterocycles. The van der Waals surface area contributed by atoms with Crippen molar-refractivity contribution in [1.82, 2.24) is 19.7 Å². The normalized spacial score (nSPS) is 16.7. The molecule has 3 heterocycles. The molecule has 0 bridgehead atoms. The van der Waals surface area contributed by atoms with Gasteiger partial charge in [-0.25, -0.2) is 4.98 Å². The second-order valence-electron chi connectivity index (χ2n) is 6.93. The van der Waals surface area contributed by atoms with Gasteiger partial charge in [0.1, 0.15) is 5.92 Å². The minimum absolute atomic E-state index is 0.0795. The molecule has 29 heavy (non-hydrogen) atoms. The third-order valence-electron chi connectivity index (χ3n) is 4.73. The van der Waals surface area contributed by atoms with Gasteiger partial charge in [-0.1, -0.05) is 22.9 Å². The van der Waals surface area contributed by atoms with Crippen LogP contribution in [0.3, 0.4) is 0 Å². The average molecular weight is 461 g/mol. The smallest absolute Gasteiger partial charge is 0.238 e. The molecule has 3 aromatic rings. The third-order valence-corrected chi connectivity index (χ3v) is 5.23. The van der Waals surface area contributed by atoms with Crippen LogP contribution in [0.2, 0.25) is 0 Å². The summed E-state index contributed by atoms with van der Waals surface area (Å²) in [7, 11) is 0. The topological polar surface area (TPSA) is 125 Å². The lowest BCUT2D eigenvalue weighted by Gasteiger charge is -2.13. The van der Waals surface area contributed by atoms with Crippen molar-refractivity contribution in [2.45, 2.75) is 31.9 Å². The van der Waals surface area contributed by atoms with Gasteiger partial charge in [0, 0.05) is 29.4 Å². The van der Waals surface area contributed by atoms with Crippen LogP contribution in [0.15, 0.2) is 28.9 Å². The van der Waals surface area contributed by atoms with Crippen LogP contribution in [0.5, 0.6) is 0 Å². The molecule has 1 aliphatic rings. The molecule has 4 rings (SSSR count). The van der Waals surface area contributed by atoms with E-state index in [-0.39, 0.29) is 25.0 Å². The number of nitrogens with one attached hydrogen (secondary N) is 2. The first-order valence-corrected chi connectivity index (χ1v) is 10.2. The number of benzene rings is 1. The number of carbonyl (C=O) groups is 1. The monoisotopic (exact) mass is 460 g/mol. The molecule has 0 aliphatic carbocycles. The number of fused-ring (bicyclic) bond motifs is 2. The van der Waals surface area contributed by atoms with Crippen LogP contribution >= 0.6 is 15.9 Å². The maximum atomic E-state index is 12.8. The fourth-order valence-electron chi connectivity index (χ4n) is 3.39. The second kappa shape index (κ2) is 8.05. The van der Waals surface area contributed by atoms with Crippen molar-refractivity contribution in [3.63, 3.8) is 0 Å². The Morgan fingerprint density at radius 3 is 2.97 bits per heavy atom. The minimum Gasteiger partial charge on any atom is -0.394 e. The summed E-state index contributed by atoms with van der Waals surface area (Å²) in [4.78, 5) is 21.9. The molecule has 1 amide bonds. The third kappa shape index (κ3) is 3.83. The minimum atomic E-state index is -0.943. The summed E-state index contributed by atoms with van der Waals surface area (Å²) in [5.74, 6) is -0.517. The van der Waals surface area contributed by atoms with E-state index in [1.807, 2.05) is 24.4 Å². The van der Waals surface area contributed by atoms with Crippen LogP contribution in [0, 0.1) is 0 Å². The lowest BCUT2D eigenvalue weighted by molar-refractivity contribution is -0.116. The molecule has 1 aromatic carbocycles. The molecule has 2 atom stereocenters. The number of aliphatic hydroxyl groups excluding tert-OH is 2. The predicted octanol–water partition coefficient (Wildman–Crippen LogP) is 1.85. The fraction of sp³-hybridized carbons (Fsp3) is 0.368. The van der Waals surface area contributed by atoms with Gasteiger partial charge < -0.3 is 20.8 Å². The highest BCUT2D eigenvalue weighted by Gasteiger charge is 2.35. The lowest BCUT2D eigenvalue weighted by Crippen LogP contribution is -2.24. The van der Waals surface area contributed by atoms with Crippen LogP contribution in [-0.2, 0) is 11.3 Å². The molecule has 0 saturated carbocycles. The maximum absolute atomic E-state index is 12.8. The summed E-state index contributed by atoms with van der Waals surface area (Å²) in [5, 5.41) is 29.7. The zero-order valence-corrected chi connectivity index (χ0v) is 17.3. The summed E-state index contributed by atoms with van der Waals surface area (Å²) in [6.45, 7) is 2.48. The number of aromatic nitrogens is 4. The van der Waals surface area contributed by atoms with Crippen molar-refractivity contribution in [1.29, 1.82) is 0 Å². The van der Waals surface area contributed by atoms with Crippen molar-refractivity contribution >= 4 is 44.5 Å². The van der Waals surface area contributed by atoms with E-state index in [1.165, 1.54) is 0 Å². The predicted molar refractivity (Wildman–Crippen MR) is 112 cm³/mol. The van der Waals surface area contributed by atoms with Gasteiger partial charge in [0.05, 0.1) is 23.8 Å². The van der Waals surface area contributed by atoms with Crippen molar-refractivity contribution in [3.05, 3.63) is 40.1 Å². The quantitative estimate of drug-likeness (QED) is 0.423. The van der Waals surface area contributed by atoms with Crippen molar-refractivity contribution in [2.75, 3.05) is 23.8 Å². The molecule has 10 heteroatoms. The summed E-state index contributed by atoms with van der Waals surface area (Å²) in [5.41, 5.74) is 2.60. The van der Waals surface area contributed by atoms with E-state index >= 15 is 0 Å². The van der Waals surface area contributed by atoms with Crippen LogP contribution in [0.1, 0.15) is 30.5 Å². The first kappa shape index (κ1) is 19.7. The van der Waals surface area contributed by atoms with Crippen LogP contribution in [-0.4, -0.2) is 55.1 Å². The Kier molecular flexibility index (Phi) is 5.48. The number of anilines is 2. The number of nitrogens with zero attached hydrogens (tertiary/aromatic N) is 4. The van der Waals surface area contributed by atoms with E-state index in [9.17, 15) is 9.90 Å². The summed E-state index contributed by atoms with van der Waals surface area (Å²) >= 11 is 3.47. The molecular weight excluding hydrogens is 440 g/mol. The molecule has 152 valence electrons. The van der Waals surface area contributed by atoms with Gasteiger partial charge in [-0.15, -0.1) is 0 Å². The zero-order chi connectivity index (χ0) is 20.5. The Morgan fingerprint density at radius 1 is 1.38 bits per heavy atom. The number of rotatable bonds is 7. The SMILES string of the molecule is CCCn1cc2c(C3C(=O)Nc4ccc(Br)cc43)nc(NC[C@@H](O)CO)nc2n1. The largest absolute Gasteiger partial charge is 0.394 e. The Balaban J connectivity index is 1.83. The lowest BCUT2D eigenvalue weighted by atomic mass is 9.95. The molecule has 9 nitrogen and oxygen atoms in total. The Morgan fingerprint density at radius 2 is 2.21 bits per heavy atom. The average Bonchev–Trinajstić information content (AvgIpc) is 3.25. The number of hydrogen-bond acceptors (Lipinski definition) is 7. The molecule has 4 N–H and O–H groups in total. The van der Waals surface area contributed by atoms with E-state index in [2.05, 4.69) is 48.6 Å². The number of amides is 1. The molecule has 0 spiro atoms. The number of hydrogen-bond donors (Lipinski definition) is 4. The van der Waals surface area contributed by atoms with Gasteiger partial charge in [-0.2, -0.15) is 10.1 Å². The number of halogens is 1. The van der Waals surface area contributed by atoms with E-state index < -0.39 is 12.0 Å². The van der Waals surface area contributed by atoms with Crippen LogP contribution in [0.25, 0.3) is 11.0 Å². The van der Waals surface area contributed by atoms with Gasteiger partial charge in [0.2, 0.25) is 11.9 Å². The highest BCUT2D eigenvalue weighted by molar-refractivity contribution is 9.10. The first-order valence-electron chi connectivity index (χ1n) is 9.38. The van der Waals surface area contributed by atoms with Gasteiger partial charge in [0.25, 0.3) is 0 Å². The highest BCUT2D eigenvalue weighted by atomic mass is 79.9. The van der Waals surface area contributed by atoms with E-state index in [0.717, 1.165) is 28.7 Å². The van der Waals surface area contributed by atoms with E-state index in [1.54, 1.807) is 4.68 Å². The maximum Gasteiger partial charge on any atom is 0.238 e. The highest BCUT2D eigenvalue weighted by Crippen LogP contribution is 2.40. The van der Waals surface area contributed by atoms with Gasteiger partial charge in [-0.05, 0) is 30.2 Å². The first-order chi connectivity index (χ1) is 14.0. The van der Waals surface area contributed by atoms with Gasteiger partial charge >= 0.3 is 0 Å². The molecule has 0 radical (unpaired) electrons. The molecule has 2 aromatic heterocycles. The summed E-state index contributed by atoms with van der Waals surface area (Å²) in [6, 6.07) is 5.64. The molecule has 1 aliphatic heterocycles. The molecular formula is C19H21BrN6O3. The fourth-order valence-corrected chi connectivity index (χ4v) is 3.77. The van der Waals surface area contributed by atoms with E-state index in [4.69, 9.17) is 5.11 Å². The van der Waals surface area contributed by atoms with Gasteiger partial charge in [0.15, 0.2) is 5.65 Å². The zero-order valence-electron chi connectivity index (χ0n) is 15.8. The van der Waals surface area contributed by atoms with Crippen molar-refractivity contribution in [2.24, 2.45) is 0 Å². The van der Waals surface area contributed by atoms with E-state index in [0.29, 0.717) is 16.7 Å². The Bertz CT molecular complexity index is 1070. The Hall–Kier alpha value is -2.56. The number of carbonyl (C=O) groups excluding carboxylic acids is 1. The molecule has 0 fully saturated rings.